The number of amides is 1. The topological polar surface area (TPSA) is 32.3 Å². The number of benzene rings is 1. The standard InChI is InChI=1S/C17H25IN2O/c1-12(2)20(11-14-7-5-9-19-10-14)17(21)15-8-4-6-13(3)16(15)18/h4,6,8,12,14,19H,5,7,9-11H2,1-3H3. The lowest BCUT2D eigenvalue weighted by Gasteiger charge is -2.33. The van der Waals surface area contributed by atoms with Crippen LogP contribution in [0, 0.1) is 16.4 Å². The van der Waals surface area contributed by atoms with Crippen LogP contribution in [0.1, 0.15) is 42.6 Å². The molecular formula is C17H25IN2O. The number of nitrogens with one attached hydrogen (secondary N) is 1. The second kappa shape index (κ2) is 7.58. The number of hydrogen-bond acceptors (Lipinski definition) is 2. The van der Waals surface area contributed by atoms with Crippen LogP contribution in [0.4, 0.5) is 0 Å². The van der Waals surface area contributed by atoms with Crippen LogP contribution in [0.2, 0.25) is 0 Å². The zero-order valence-corrected chi connectivity index (χ0v) is 15.3. The Labute approximate surface area is 141 Å². The van der Waals surface area contributed by atoms with Crippen molar-refractivity contribution in [1.82, 2.24) is 10.2 Å². The Morgan fingerprint density at radius 1 is 1.48 bits per heavy atom. The quantitative estimate of drug-likeness (QED) is 0.786. The number of piperidine rings is 1. The Hall–Kier alpha value is -0.620. The molecule has 4 heteroatoms. The maximum absolute atomic E-state index is 12.9. The minimum absolute atomic E-state index is 0.170. The van der Waals surface area contributed by atoms with E-state index in [4.69, 9.17) is 0 Å². The van der Waals surface area contributed by atoms with E-state index in [1.165, 1.54) is 18.4 Å². The highest BCUT2D eigenvalue weighted by Crippen LogP contribution is 2.21. The first-order valence-electron chi connectivity index (χ1n) is 7.77. The lowest BCUT2D eigenvalue weighted by molar-refractivity contribution is 0.0659. The summed E-state index contributed by atoms with van der Waals surface area (Å²) in [5.41, 5.74) is 2.01. The van der Waals surface area contributed by atoms with Crippen molar-refractivity contribution in [3.05, 3.63) is 32.9 Å². The van der Waals surface area contributed by atoms with E-state index in [1.54, 1.807) is 0 Å². The molecule has 21 heavy (non-hydrogen) atoms. The van der Waals surface area contributed by atoms with Crippen LogP contribution >= 0.6 is 22.6 Å². The van der Waals surface area contributed by atoms with E-state index >= 15 is 0 Å². The van der Waals surface area contributed by atoms with Gasteiger partial charge in [0.05, 0.1) is 5.56 Å². The Bertz CT molecular complexity index is 496. The number of carbonyl (C=O) groups excluding carboxylic acids is 1. The number of halogens is 1. The third kappa shape index (κ3) is 4.19. The number of carbonyl (C=O) groups is 1. The molecule has 0 aromatic heterocycles. The van der Waals surface area contributed by atoms with Crippen LogP contribution in [0.3, 0.4) is 0 Å². The predicted molar refractivity (Wildman–Crippen MR) is 95.7 cm³/mol. The van der Waals surface area contributed by atoms with E-state index < -0.39 is 0 Å². The molecule has 1 aliphatic rings. The number of rotatable bonds is 4. The van der Waals surface area contributed by atoms with Crippen LogP contribution in [0.25, 0.3) is 0 Å². The van der Waals surface area contributed by atoms with Gasteiger partial charge in [-0.1, -0.05) is 12.1 Å². The molecular weight excluding hydrogens is 375 g/mol. The molecule has 1 amide bonds. The van der Waals surface area contributed by atoms with Crippen LogP contribution < -0.4 is 5.32 Å². The fraction of sp³-hybridized carbons (Fsp3) is 0.588. The molecule has 1 aliphatic heterocycles. The molecule has 0 saturated carbocycles. The Kier molecular flexibility index (Phi) is 6.05. The summed E-state index contributed by atoms with van der Waals surface area (Å²) >= 11 is 2.29. The Morgan fingerprint density at radius 3 is 2.86 bits per heavy atom. The summed E-state index contributed by atoms with van der Waals surface area (Å²) < 4.78 is 1.08. The molecule has 0 aliphatic carbocycles. The summed E-state index contributed by atoms with van der Waals surface area (Å²) in [6.45, 7) is 9.27. The van der Waals surface area contributed by atoms with Gasteiger partial charge in [0.15, 0.2) is 0 Å². The predicted octanol–water partition coefficient (Wildman–Crippen LogP) is 3.45. The summed E-state index contributed by atoms with van der Waals surface area (Å²) in [6, 6.07) is 6.22. The molecule has 0 radical (unpaired) electrons. The SMILES string of the molecule is Cc1cccc(C(=O)N(CC2CCCNC2)C(C)C)c1I. The lowest BCUT2D eigenvalue weighted by atomic mass is 9.98. The van der Waals surface area contributed by atoms with Crippen LogP contribution in [-0.4, -0.2) is 36.5 Å². The maximum Gasteiger partial charge on any atom is 0.255 e. The Balaban J connectivity index is 2.17. The van der Waals surface area contributed by atoms with Crippen molar-refractivity contribution >= 4 is 28.5 Å². The fourth-order valence-electron chi connectivity index (χ4n) is 2.85. The third-order valence-corrected chi connectivity index (χ3v) is 5.59. The van der Waals surface area contributed by atoms with Gasteiger partial charge in [0, 0.05) is 16.2 Å². The van der Waals surface area contributed by atoms with Crippen molar-refractivity contribution in [2.24, 2.45) is 5.92 Å². The fourth-order valence-corrected chi connectivity index (χ4v) is 3.44. The van der Waals surface area contributed by atoms with E-state index in [0.717, 1.165) is 28.8 Å². The van der Waals surface area contributed by atoms with Crippen molar-refractivity contribution in [2.45, 2.75) is 39.7 Å². The van der Waals surface area contributed by atoms with E-state index in [9.17, 15) is 4.79 Å². The highest BCUT2D eigenvalue weighted by atomic mass is 127. The smallest absolute Gasteiger partial charge is 0.255 e. The van der Waals surface area contributed by atoms with Gasteiger partial charge in [-0.25, -0.2) is 0 Å². The summed E-state index contributed by atoms with van der Waals surface area (Å²) in [5.74, 6) is 0.747. The van der Waals surface area contributed by atoms with Crippen molar-refractivity contribution < 1.29 is 4.79 Å². The van der Waals surface area contributed by atoms with Gasteiger partial charge in [-0.3, -0.25) is 4.79 Å². The summed E-state index contributed by atoms with van der Waals surface area (Å²) in [4.78, 5) is 15.0. The molecule has 1 unspecified atom stereocenters. The normalized spacial score (nSPS) is 18.8. The molecule has 3 nitrogen and oxygen atoms in total. The highest BCUT2D eigenvalue weighted by Gasteiger charge is 2.25. The number of aryl methyl sites for hydroxylation is 1. The second-order valence-electron chi connectivity index (χ2n) is 6.20. The number of nitrogens with zero attached hydrogens (tertiary/aromatic N) is 1. The molecule has 116 valence electrons. The second-order valence-corrected chi connectivity index (χ2v) is 7.28. The third-order valence-electron chi connectivity index (χ3n) is 4.16. The minimum Gasteiger partial charge on any atom is -0.336 e. The van der Waals surface area contributed by atoms with Crippen LogP contribution in [0.15, 0.2) is 18.2 Å². The van der Waals surface area contributed by atoms with E-state index in [2.05, 4.69) is 54.7 Å². The van der Waals surface area contributed by atoms with Gasteiger partial charge in [0.25, 0.3) is 5.91 Å². The zero-order valence-electron chi connectivity index (χ0n) is 13.2. The molecule has 0 bridgehead atoms. The average Bonchev–Trinajstić information content (AvgIpc) is 2.48. The van der Waals surface area contributed by atoms with Crippen molar-refractivity contribution in [2.75, 3.05) is 19.6 Å². The van der Waals surface area contributed by atoms with E-state index in [-0.39, 0.29) is 11.9 Å². The largest absolute Gasteiger partial charge is 0.336 e. The molecule has 1 atom stereocenters. The highest BCUT2D eigenvalue weighted by molar-refractivity contribution is 14.1. The molecule has 1 aromatic carbocycles. The van der Waals surface area contributed by atoms with Gasteiger partial charge < -0.3 is 10.2 Å². The van der Waals surface area contributed by atoms with E-state index in [1.807, 2.05) is 17.0 Å². The lowest BCUT2D eigenvalue weighted by Crippen LogP contribution is -2.44. The first-order valence-corrected chi connectivity index (χ1v) is 8.85. The molecule has 1 fully saturated rings. The van der Waals surface area contributed by atoms with Crippen LogP contribution in [-0.2, 0) is 0 Å². The van der Waals surface area contributed by atoms with Gasteiger partial charge in [0.2, 0.25) is 0 Å². The van der Waals surface area contributed by atoms with Gasteiger partial charge in [-0.15, -0.1) is 0 Å². The summed E-state index contributed by atoms with van der Waals surface area (Å²) in [6.07, 6.45) is 2.43. The van der Waals surface area contributed by atoms with Crippen molar-refractivity contribution in [3.8, 4) is 0 Å². The van der Waals surface area contributed by atoms with Gasteiger partial charge >= 0.3 is 0 Å². The molecule has 1 N–H and O–H groups in total. The number of hydrogen-bond donors (Lipinski definition) is 1. The first kappa shape index (κ1) is 16.7. The Morgan fingerprint density at radius 2 is 2.24 bits per heavy atom. The molecule has 1 aromatic rings. The maximum atomic E-state index is 12.9. The van der Waals surface area contributed by atoms with Gasteiger partial charge in [-0.05, 0) is 86.8 Å². The van der Waals surface area contributed by atoms with Crippen molar-refractivity contribution in [3.63, 3.8) is 0 Å². The first-order chi connectivity index (χ1) is 10.0. The minimum atomic E-state index is 0.170. The molecule has 2 rings (SSSR count). The van der Waals surface area contributed by atoms with Crippen LogP contribution in [0.5, 0.6) is 0 Å². The van der Waals surface area contributed by atoms with Gasteiger partial charge in [-0.2, -0.15) is 0 Å². The molecule has 1 saturated heterocycles. The monoisotopic (exact) mass is 400 g/mol. The molecule has 1 heterocycles. The van der Waals surface area contributed by atoms with Gasteiger partial charge in [0.1, 0.15) is 0 Å². The van der Waals surface area contributed by atoms with Crippen molar-refractivity contribution in [1.29, 1.82) is 0 Å². The summed E-state index contributed by atoms with van der Waals surface area (Å²) in [5, 5.41) is 3.44. The molecule has 0 spiro atoms. The van der Waals surface area contributed by atoms with E-state index in [0.29, 0.717) is 5.92 Å². The summed E-state index contributed by atoms with van der Waals surface area (Å²) in [7, 11) is 0. The zero-order chi connectivity index (χ0) is 15.4. The average molecular weight is 400 g/mol.